The molecule has 68 valence electrons. The van der Waals surface area contributed by atoms with Crippen LogP contribution < -0.4 is 11.8 Å². The summed E-state index contributed by atoms with van der Waals surface area (Å²) in [7, 11) is 0. The van der Waals surface area contributed by atoms with Crippen LogP contribution in [0.3, 0.4) is 0 Å². The third kappa shape index (κ3) is 1.05. The maximum Gasteiger partial charge on any atom is 0.341 e. The minimum atomic E-state index is -1.23. The zero-order valence-electron chi connectivity index (χ0n) is 6.41. The van der Waals surface area contributed by atoms with Crippen molar-refractivity contribution in [3.63, 3.8) is 0 Å². The molecule has 0 atom stereocenters. The maximum absolute atomic E-state index is 11.0. The quantitative estimate of drug-likeness (QED) is 0.410. The number of hydrogen-bond donors (Lipinski definition) is 2. The van der Waals surface area contributed by atoms with Crippen LogP contribution in [-0.2, 0) is 19.3 Å². The molecule has 0 radical (unpaired) electrons. The fourth-order valence-corrected chi connectivity index (χ4v) is 1.25. The highest BCUT2D eigenvalue weighted by Gasteiger charge is 2.54. The summed E-state index contributed by atoms with van der Waals surface area (Å²) >= 11 is 0. The molecular formula is C6H10N2O4. The summed E-state index contributed by atoms with van der Waals surface area (Å²) in [5.41, 5.74) is -1.23. The van der Waals surface area contributed by atoms with Crippen molar-refractivity contribution in [2.75, 3.05) is 0 Å². The Balaban J connectivity index is 2.75. The fraction of sp³-hybridized carbons (Fsp3) is 0.667. The Morgan fingerprint density at radius 1 is 1.08 bits per heavy atom. The highest BCUT2D eigenvalue weighted by atomic mass is 16.7. The molecule has 1 fully saturated rings. The van der Waals surface area contributed by atoms with Crippen LogP contribution in [0, 0.1) is 5.41 Å². The minimum absolute atomic E-state index is 0.388. The van der Waals surface area contributed by atoms with Gasteiger partial charge < -0.3 is 9.68 Å². The van der Waals surface area contributed by atoms with E-state index in [1.165, 1.54) is 0 Å². The Labute approximate surface area is 68.7 Å². The summed E-state index contributed by atoms with van der Waals surface area (Å²) < 4.78 is 0. The van der Waals surface area contributed by atoms with Crippen molar-refractivity contribution in [1.82, 2.24) is 0 Å². The molecule has 0 aromatic carbocycles. The van der Waals surface area contributed by atoms with Gasteiger partial charge in [0.05, 0.1) is 0 Å². The summed E-state index contributed by atoms with van der Waals surface area (Å²) in [6.45, 7) is 0. The molecule has 0 aliphatic heterocycles. The van der Waals surface area contributed by atoms with E-state index < -0.39 is 17.4 Å². The molecule has 1 saturated carbocycles. The molecule has 4 N–H and O–H groups in total. The van der Waals surface area contributed by atoms with Gasteiger partial charge in [-0.2, -0.15) is 11.8 Å². The first kappa shape index (κ1) is 8.95. The standard InChI is InChI=1S/C6H10N2O4/c7-11-4(9)6(2-1-3-6)5(10)12-8/h1-3,7-8H2. The lowest BCUT2D eigenvalue weighted by Crippen LogP contribution is -2.48. The van der Waals surface area contributed by atoms with E-state index in [1.807, 2.05) is 0 Å². The van der Waals surface area contributed by atoms with Crippen LogP contribution in [0.5, 0.6) is 0 Å². The van der Waals surface area contributed by atoms with Gasteiger partial charge in [0.25, 0.3) is 0 Å². The summed E-state index contributed by atoms with van der Waals surface area (Å²) in [6, 6.07) is 0. The maximum atomic E-state index is 11.0. The topological polar surface area (TPSA) is 105 Å². The van der Waals surface area contributed by atoms with Gasteiger partial charge in [-0.1, -0.05) is 0 Å². The lowest BCUT2D eigenvalue weighted by atomic mass is 9.69. The van der Waals surface area contributed by atoms with E-state index in [0.29, 0.717) is 12.8 Å². The number of nitrogens with two attached hydrogens (primary N) is 2. The summed E-state index contributed by atoms with van der Waals surface area (Å²) in [5, 5.41) is 0. The molecule has 0 saturated heterocycles. The van der Waals surface area contributed by atoms with Crippen molar-refractivity contribution in [2.45, 2.75) is 19.3 Å². The van der Waals surface area contributed by atoms with Crippen molar-refractivity contribution < 1.29 is 19.3 Å². The number of carbonyl (C=O) groups is 2. The molecule has 0 bridgehead atoms. The zero-order chi connectivity index (χ0) is 9.19. The van der Waals surface area contributed by atoms with Crippen molar-refractivity contribution >= 4 is 11.9 Å². The summed E-state index contributed by atoms with van der Waals surface area (Å²) in [4.78, 5) is 30.0. The van der Waals surface area contributed by atoms with E-state index in [2.05, 4.69) is 21.5 Å². The van der Waals surface area contributed by atoms with E-state index in [1.54, 1.807) is 0 Å². The van der Waals surface area contributed by atoms with E-state index in [9.17, 15) is 9.59 Å². The lowest BCUT2D eigenvalue weighted by Gasteiger charge is -2.34. The van der Waals surface area contributed by atoms with Crippen LogP contribution in [0.1, 0.15) is 19.3 Å². The Morgan fingerprint density at radius 2 is 1.50 bits per heavy atom. The molecule has 1 aliphatic carbocycles. The minimum Gasteiger partial charge on any atom is -0.372 e. The summed E-state index contributed by atoms with van der Waals surface area (Å²) in [6.07, 6.45) is 1.54. The second-order valence-electron chi connectivity index (χ2n) is 2.75. The predicted molar refractivity (Wildman–Crippen MR) is 36.8 cm³/mol. The first-order valence-corrected chi connectivity index (χ1v) is 3.50. The monoisotopic (exact) mass is 174 g/mol. The van der Waals surface area contributed by atoms with Gasteiger partial charge in [0.1, 0.15) is 0 Å². The molecule has 6 heteroatoms. The molecule has 12 heavy (non-hydrogen) atoms. The summed E-state index contributed by atoms with van der Waals surface area (Å²) in [5.74, 6) is 7.78. The molecule has 0 unspecified atom stereocenters. The SMILES string of the molecule is NOC(=O)C1(C(=O)ON)CCC1. The van der Waals surface area contributed by atoms with Gasteiger partial charge in [0, 0.05) is 0 Å². The zero-order valence-corrected chi connectivity index (χ0v) is 6.41. The van der Waals surface area contributed by atoms with Crippen LogP contribution in [0.25, 0.3) is 0 Å². The third-order valence-corrected chi connectivity index (χ3v) is 2.20. The van der Waals surface area contributed by atoms with Crippen LogP contribution in [0.2, 0.25) is 0 Å². The molecule has 1 aliphatic rings. The average molecular weight is 174 g/mol. The molecule has 0 aromatic heterocycles. The van der Waals surface area contributed by atoms with Crippen molar-refractivity contribution in [1.29, 1.82) is 0 Å². The average Bonchev–Trinajstić information content (AvgIpc) is 2.01. The van der Waals surface area contributed by atoms with E-state index in [0.717, 1.165) is 6.42 Å². The van der Waals surface area contributed by atoms with Gasteiger partial charge >= 0.3 is 11.9 Å². The smallest absolute Gasteiger partial charge is 0.341 e. The molecule has 0 heterocycles. The Kier molecular flexibility index (Phi) is 2.30. The van der Waals surface area contributed by atoms with Crippen molar-refractivity contribution in [2.24, 2.45) is 17.2 Å². The number of carbonyl (C=O) groups excluding carboxylic acids is 2. The fourth-order valence-electron chi connectivity index (χ4n) is 1.25. The largest absolute Gasteiger partial charge is 0.372 e. The molecule has 1 rings (SSSR count). The van der Waals surface area contributed by atoms with Gasteiger partial charge in [0.15, 0.2) is 5.41 Å². The highest BCUT2D eigenvalue weighted by Crippen LogP contribution is 2.42. The van der Waals surface area contributed by atoms with Crippen LogP contribution in [-0.4, -0.2) is 11.9 Å². The van der Waals surface area contributed by atoms with Gasteiger partial charge in [0.2, 0.25) is 0 Å². The third-order valence-electron chi connectivity index (χ3n) is 2.20. The number of rotatable bonds is 2. The molecule has 0 amide bonds. The predicted octanol–water partition coefficient (Wildman–Crippen LogP) is -1.01. The Morgan fingerprint density at radius 3 is 1.67 bits per heavy atom. The Bertz CT molecular complexity index is 194. The van der Waals surface area contributed by atoms with E-state index >= 15 is 0 Å². The highest BCUT2D eigenvalue weighted by molar-refractivity contribution is 6.00. The van der Waals surface area contributed by atoms with Crippen molar-refractivity contribution in [3.8, 4) is 0 Å². The van der Waals surface area contributed by atoms with Gasteiger partial charge in [-0.25, -0.2) is 9.59 Å². The van der Waals surface area contributed by atoms with Crippen molar-refractivity contribution in [3.05, 3.63) is 0 Å². The lowest BCUT2D eigenvalue weighted by molar-refractivity contribution is -0.180. The van der Waals surface area contributed by atoms with Crippen LogP contribution >= 0.6 is 0 Å². The first-order chi connectivity index (χ1) is 5.67. The van der Waals surface area contributed by atoms with Crippen LogP contribution in [0.4, 0.5) is 0 Å². The first-order valence-electron chi connectivity index (χ1n) is 3.50. The van der Waals surface area contributed by atoms with Gasteiger partial charge in [-0.3, -0.25) is 0 Å². The van der Waals surface area contributed by atoms with E-state index in [-0.39, 0.29) is 0 Å². The molecule has 0 aromatic rings. The second-order valence-corrected chi connectivity index (χ2v) is 2.75. The normalized spacial score (nSPS) is 19.2. The van der Waals surface area contributed by atoms with E-state index in [4.69, 9.17) is 0 Å². The second kappa shape index (κ2) is 3.08. The molecule has 0 spiro atoms. The molecular weight excluding hydrogens is 164 g/mol. The van der Waals surface area contributed by atoms with Gasteiger partial charge in [-0.05, 0) is 19.3 Å². The Hall–Kier alpha value is -1.14. The van der Waals surface area contributed by atoms with Gasteiger partial charge in [-0.15, -0.1) is 0 Å². The molecule has 6 nitrogen and oxygen atoms in total. The van der Waals surface area contributed by atoms with Crippen LogP contribution in [0.15, 0.2) is 0 Å². The number of hydrogen-bond acceptors (Lipinski definition) is 6.